The van der Waals surface area contributed by atoms with Crippen LogP contribution >= 0.6 is 0 Å². The summed E-state index contributed by atoms with van der Waals surface area (Å²) in [6, 6.07) is 6.33. The third-order valence-corrected chi connectivity index (χ3v) is 5.18. The highest BCUT2D eigenvalue weighted by molar-refractivity contribution is 5.63. The number of nitrogens with two attached hydrogens (primary N) is 1. The van der Waals surface area contributed by atoms with Crippen LogP contribution < -0.4 is 10.5 Å². The van der Waals surface area contributed by atoms with Crippen LogP contribution in [0.5, 0.6) is 5.75 Å². The van der Waals surface area contributed by atoms with Gasteiger partial charge in [0.2, 0.25) is 0 Å². The molecule has 1 atom stereocenters. The highest BCUT2D eigenvalue weighted by Crippen LogP contribution is 2.32. The lowest BCUT2D eigenvalue weighted by Gasteiger charge is -2.32. The average Bonchev–Trinajstić information content (AvgIpc) is 2.63. The van der Waals surface area contributed by atoms with E-state index in [4.69, 9.17) is 10.5 Å². The summed E-state index contributed by atoms with van der Waals surface area (Å²) in [5, 5.41) is 9.62. The lowest BCUT2D eigenvalue weighted by Crippen LogP contribution is -2.45. The van der Waals surface area contributed by atoms with Gasteiger partial charge < -0.3 is 15.6 Å². The molecule has 3 heteroatoms. The fourth-order valence-electron chi connectivity index (χ4n) is 3.29. The van der Waals surface area contributed by atoms with E-state index in [1.807, 2.05) is 13.0 Å². The highest BCUT2D eigenvalue weighted by Gasteiger charge is 2.28. The van der Waals surface area contributed by atoms with Gasteiger partial charge in [-0.15, -0.1) is 0 Å². The first-order chi connectivity index (χ1) is 11.6. The molecular weight excluding hydrogens is 298 g/mol. The van der Waals surface area contributed by atoms with Crippen molar-refractivity contribution in [1.29, 1.82) is 0 Å². The van der Waals surface area contributed by atoms with Crippen molar-refractivity contribution in [3.63, 3.8) is 0 Å². The van der Waals surface area contributed by atoms with E-state index in [0.717, 1.165) is 43.6 Å². The van der Waals surface area contributed by atoms with Crippen molar-refractivity contribution >= 4 is 6.08 Å². The molecule has 0 bridgehead atoms. The summed E-state index contributed by atoms with van der Waals surface area (Å²) >= 11 is 0. The van der Waals surface area contributed by atoms with Crippen LogP contribution in [0.2, 0.25) is 0 Å². The van der Waals surface area contributed by atoms with E-state index < -0.39 is 5.54 Å². The van der Waals surface area contributed by atoms with E-state index in [1.54, 1.807) is 0 Å². The smallest absolute Gasteiger partial charge is 0.119 e. The number of unbranched alkanes of at least 4 members (excludes halogenated alkanes) is 4. The molecule has 0 heterocycles. The molecule has 0 aliphatic heterocycles. The maximum Gasteiger partial charge on any atom is 0.119 e. The zero-order chi connectivity index (χ0) is 17.4. The van der Waals surface area contributed by atoms with Gasteiger partial charge in [0.1, 0.15) is 5.75 Å². The largest absolute Gasteiger partial charge is 0.494 e. The summed E-state index contributed by atoms with van der Waals surface area (Å²) in [7, 11) is 0. The molecule has 1 unspecified atom stereocenters. The third kappa shape index (κ3) is 4.84. The van der Waals surface area contributed by atoms with Crippen LogP contribution in [0.15, 0.2) is 23.8 Å². The van der Waals surface area contributed by atoms with Crippen LogP contribution in [0.1, 0.15) is 69.9 Å². The van der Waals surface area contributed by atoms with Crippen molar-refractivity contribution in [1.82, 2.24) is 0 Å². The van der Waals surface area contributed by atoms with Crippen LogP contribution in [0.4, 0.5) is 0 Å². The second kappa shape index (κ2) is 9.24. The Morgan fingerprint density at radius 3 is 2.62 bits per heavy atom. The summed E-state index contributed by atoms with van der Waals surface area (Å²) in [6.07, 6.45) is 11.1. The number of aliphatic hydroxyl groups excluding tert-OH is 1. The topological polar surface area (TPSA) is 55.5 Å². The molecule has 0 amide bonds. The van der Waals surface area contributed by atoms with Gasteiger partial charge in [-0.2, -0.15) is 0 Å². The number of hydrogen-bond acceptors (Lipinski definition) is 3. The summed E-state index contributed by atoms with van der Waals surface area (Å²) in [5.41, 5.74) is 9.44. The van der Waals surface area contributed by atoms with Crippen molar-refractivity contribution in [2.24, 2.45) is 5.73 Å². The van der Waals surface area contributed by atoms with Gasteiger partial charge in [0.25, 0.3) is 0 Å². The predicted molar refractivity (Wildman–Crippen MR) is 101 cm³/mol. The standard InChI is InChI=1S/C21H33NO2/c1-3-5-6-7-8-13-24-20-12-10-17-14-19(11-9-18(17)15-20)21(22,4-2)16-23/h10,12,14-15,23H,3-9,11,13,16,22H2,1-2H3. The Kier molecular flexibility index (Phi) is 7.32. The summed E-state index contributed by atoms with van der Waals surface area (Å²) in [5.74, 6) is 0.970. The second-order valence-electron chi connectivity index (χ2n) is 6.96. The summed E-state index contributed by atoms with van der Waals surface area (Å²) in [6.45, 7) is 5.07. The van der Waals surface area contributed by atoms with Crippen molar-refractivity contribution in [2.75, 3.05) is 13.2 Å². The van der Waals surface area contributed by atoms with E-state index in [9.17, 15) is 5.11 Å². The SMILES string of the molecule is CCCCCCCOc1ccc2c(c1)CCC(C(N)(CC)CO)=C2. The Morgan fingerprint density at radius 2 is 1.92 bits per heavy atom. The first-order valence-corrected chi connectivity index (χ1v) is 9.49. The Balaban J connectivity index is 1.95. The van der Waals surface area contributed by atoms with E-state index >= 15 is 0 Å². The molecule has 3 nitrogen and oxygen atoms in total. The number of hydrogen-bond donors (Lipinski definition) is 2. The minimum Gasteiger partial charge on any atom is -0.494 e. The molecule has 0 saturated heterocycles. The molecule has 1 aliphatic carbocycles. The molecule has 0 spiro atoms. The normalized spacial score (nSPS) is 16.2. The van der Waals surface area contributed by atoms with Crippen LogP contribution in [-0.2, 0) is 6.42 Å². The molecule has 1 aromatic rings. The molecule has 0 radical (unpaired) electrons. The van der Waals surface area contributed by atoms with Gasteiger partial charge in [0.05, 0.1) is 18.8 Å². The van der Waals surface area contributed by atoms with Gasteiger partial charge >= 0.3 is 0 Å². The maximum atomic E-state index is 9.62. The second-order valence-corrected chi connectivity index (χ2v) is 6.96. The average molecular weight is 332 g/mol. The molecular formula is C21H33NO2. The molecule has 134 valence electrons. The lowest BCUT2D eigenvalue weighted by molar-refractivity contribution is 0.213. The monoisotopic (exact) mass is 331 g/mol. The van der Waals surface area contributed by atoms with E-state index in [2.05, 4.69) is 25.1 Å². The summed E-state index contributed by atoms with van der Waals surface area (Å²) in [4.78, 5) is 0. The number of ether oxygens (including phenoxy) is 1. The van der Waals surface area contributed by atoms with Gasteiger partial charge in [-0.05, 0) is 54.5 Å². The first-order valence-electron chi connectivity index (χ1n) is 9.49. The zero-order valence-electron chi connectivity index (χ0n) is 15.3. The molecule has 1 aliphatic rings. The van der Waals surface area contributed by atoms with Gasteiger partial charge in [-0.1, -0.05) is 51.7 Å². The van der Waals surface area contributed by atoms with Gasteiger partial charge in [0, 0.05) is 0 Å². The van der Waals surface area contributed by atoms with Gasteiger partial charge in [-0.25, -0.2) is 0 Å². The molecule has 0 fully saturated rings. The van der Waals surface area contributed by atoms with Crippen LogP contribution in [0, 0.1) is 0 Å². The lowest BCUT2D eigenvalue weighted by atomic mass is 9.80. The molecule has 3 N–H and O–H groups in total. The number of aryl methyl sites for hydroxylation is 1. The number of rotatable bonds is 10. The number of benzene rings is 1. The van der Waals surface area contributed by atoms with Crippen LogP contribution in [0.25, 0.3) is 6.08 Å². The highest BCUT2D eigenvalue weighted by atomic mass is 16.5. The van der Waals surface area contributed by atoms with Crippen LogP contribution in [-0.4, -0.2) is 23.9 Å². The van der Waals surface area contributed by atoms with E-state index in [1.165, 1.54) is 36.8 Å². The van der Waals surface area contributed by atoms with Crippen molar-refractivity contribution in [2.45, 2.75) is 70.8 Å². The first kappa shape index (κ1) is 19.0. The number of fused-ring (bicyclic) bond motifs is 1. The third-order valence-electron chi connectivity index (χ3n) is 5.18. The zero-order valence-corrected chi connectivity index (χ0v) is 15.3. The van der Waals surface area contributed by atoms with E-state index in [0.29, 0.717) is 0 Å². The van der Waals surface area contributed by atoms with Gasteiger partial charge in [0.15, 0.2) is 0 Å². The Bertz CT molecular complexity index is 547. The molecule has 0 saturated carbocycles. The minimum absolute atomic E-state index is 0.00386. The Labute approximate surface area is 146 Å². The van der Waals surface area contributed by atoms with Crippen LogP contribution in [0.3, 0.4) is 0 Å². The fraction of sp³-hybridized carbons (Fsp3) is 0.619. The fourth-order valence-corrected chi connectivity index (χ4v) is 3.29. The summed E-state index contributed by atoms with van der Waals surface area (Å²) < 4.78 is 5.90. The Hall–Kier alpha value is -1.32. The molecule has 24 heavy (non-hydrogen) atoms. The molecule has 0 aromatic heterocycles. The molecule has 2 rings (SSSR count). The van der Waals surface area contributed by atoms with E-state index in [-0.39, 0.29) is 6.61 Å². The van der Waals surface area contributed by atoms with Crippen molar-refractivity contribution < 1.29 is 9.84 Å². The predicted octanol–water partition coefficient (Wildman–Crippen LogP) is 4.47. The minimum atomic E-state index is -0.578. The molecule has 1 aromatic carbocycles. The van der Waals surface area contributed by atoms with Crippen molar-refractivity contribution in [3.8, 4) is 5.75 Å². The maximum absolute atomic E-state index is 9.62. The quantitative estimate of drug-likeness (QED) is 0.622. The van der Waals surface area contributed by atoms with Crippen molar-refractivity contribution in [3.05, 3.63) is 34.9 Å². The van der Waals surface area contributed by atoms with Gasteiger partial charge in [-0.3, -0.25) is 0 Å². The Morgan fingerprint density at radius 1 is 1.12 bits per heavy atom. The number of aliphatic hydroxyl groups is 1.